The van der Waals surface area contributed by atoms with Crippen LogP contribution in [0.2, 0.25) is 5.02 Å². The molecule has 10 heteroatoms. The number of sulfonamides is 1. The minimum absolute atomic E-state index is 0.0384. The summed E-state index contributed by atoms with van der Waals surface area (Å²) in [5.74, 6) is -2.47. The first-order chi connectivity index (χ1) is 13.1. The molecule has 0 saturated heterocycles. The monoisotopic (exact) mass is 424 g/mol. The van der Waals surface area contributed by atoms with Crippen molar-refractivity contribution in [1.29, 1.82) is 0 Å². The standard InChI is InChI=1S/C18H17ClN2O6S/c1-21(2)28(25,26)13-8-9-15(19)14(10-13)18(24)27-11-16(22)20-17(23)12-6-4-3-5-7-12/h3-10H,11H2,1-2H3,(H,20,22,23). The molecule has 0 fully saturated rings. The van der Waals surface area contributed by atoms with Gasteiger partial charge in [0.2, 0.25) is 10.0 Å². The molecule has 0 heterocycles. The molecule has 0 spiro atoms. The van der Waals surface area contributed by atoms with E-state index in [1.165, 1.54) is 38.4 Å². The molecule has 2 aromatic carbocycles. The van der Waals surface area contributed by atoms with E-state index in [9.17, 15) is 22.8 Å². The van der Waals surface area contributed by atoms with Crippen LogP contribution in [0.3, 0.4) is 0 Å². The molecule has 1 N–H and O–H groups in total. The first-order valence-corrected chi connectivity index (χ1v) is 9.73. The number of carbonyl (C=O) groups excluding carboxylic acids is 3. The third-order valence-corrected chi connectivity index (χ3v) is 5.70. The van der Waals surface area contributed by atoms with Crippen LogP contribution in [0.5, 0.6) is 0 Å². The second-order valence-corrected chi connectivity index (χ2v) is 8.31. The molecule has 0 aromatic heterocycles. The maximum Gasteiger partial charge on any atom is 0.340 e. The highest BCUT2D eigenvalue weighted by Crippen LogP contribution is 2.22. The lowest BCUT2D eigenvalue weighted by Crippen LogP contribution is -2.34. The van der Waals surface area contributed by atoms with E-state index < -0.39 is 34.4 Å². The Balaban J connectivity index is 2.05. The van der Waals surface area contributed by atoms with Crippen LogP contribution < -0.4 is 5.32 Å². The first kappa shape index (κ1) is 21.5. The molecule has 0 atom stereocenters. The number of halogens is 1. The maximum atomic E-state index is 12.2. The van der Waals surface area contributed by atoms with Gasteiger partial charge in [-0.3, -0.25) is 14.9 Å². The Labute approximate surface area is 167 Å². The second kappa shape index (κ2) is 8.96. The summed E-state index contributed by atoms with van der Waals surface area (Å²) in [7, 11) is -1.10. The molecule has 2 rings (SSSR count). The predicted molar refractivity (Wildman–Crippen MR) is 102 cm³/mol. The van der Waals surface area contributed by atoms with E-state index in [2.05, 4.69) is 5.32 Å². The summed E-state index contributed by atoms with van der Waals surface area (Å²) in [6.07, 6.45) is 0. The SMILES string of the molecule is CN(C)S(=O)(=O)c1ccc(Cl)c(C(=O)OCC(=O)NC(=O)c2ccccc2)c1. The Kier molecular flexibility index (Phi) is 6.90. The topological polar surface area (TPSA) is 110 Å². The fourth-order valence-electron chi connectivity index (χ4n) is 2.07. The number of ether oxygens (including phenoxy) is 1. The van der Waals surface area contributed by atoms with E-state index in [4.69, 9.17) is 16.3 Å². The van der Waals surface area contributed by atoms with Crippen LogP contribution >= 0.6 is 11.6 Å². The smallest absolute Gasteiger partial charge is 0.340 e. The molecule has 0 unspecified atom stereocenters. The van der Waals surface area contributed by atoms with Crippen molar-refractivity contribution in [3.63, 3.8) is 0 Å². The number of esters is 1. The van der Waals surface area contributed by atoms with Crippen molar-refractivity contribution in [3.05, 3.63) is 64.7 Å². The van der Waals surface area contributed by atoms with E-state index in [0.29, 0.717) is 0 Å². The summed E-state index contributed by atoms with van der Waals surface area (Å²) in [6, 6.07) is 11.6. The largest absolute Gasteiger partial charge is 0.452 e. The van der Waals surface area contributed by atoms with Gasteiger partial charge in [-0.25, -0.2) is 17.5 Å². The van der Waals surface area contributed by atoms with Crippen LogP contribution in [0.4, 0.5) is 0 Å². The molecule has 0 aliphatic carbocycles. The van der Waals surface area contributed by atoms with Crippen molar-refractivity contribution in [2.75, 3.05) is 20.7 Å². The molecule has 28 heavy (non-hydrogen) atoms. The molecule has 8 nitrogen and oxygen atoms in total. The molecular formula is C18H17ClN2O6S. The fraction of sp³-hybridized carbons (Fsp3) is 0.167. The number of benzene rings is 2. The van der Waals surface area contributed by atoms with Crippen LogP contribution in [0, 0.1) is 0 Å². The Morgan fingerprint density at radius 2 is 1.71 bits per heavy atom. The lowest BCUT2D eigenvalue weighted by Gasteiger charge is -2.13. The third kappa shape index (κ3) is 5.16. The molecule has 0 bridgehead atoms. The van der Waals surface area contributed by atoms with Crippen LogP contribution in [-0.4, -0.2) is 51.2 Å². The second-order valence-electron chi connectivity index (χ2n) is 5.75. The number of hydrogen-bond donors (Lipinski definition) is 1. The van der Waals surface area contributed by atoms with Crippen molar-refractivity contribution in [1.82, 2.24) is 9.62 Å². The Morgan fingerprint density at radius 3 is 2.32 bits per heavy atom. The number of amides is 2. The zero-order chi connectivity index (χ0) is 20.9. The van der Waals surface area contributed by atoms with Crippen molar-refractivity contribution in [2.24, 2.45) is 0 Å². The third-order valence-electron chi connectivity index (χ3n) is 3.56. The molecule has 148 valence electrons. The summed E-state index contributed by atoms with van der Waals surface area (Å²) >= 11 is 5.94. The highest BCUT2D eigenvalue weighted by Gasteiger charge is 2.22. The van der Waals surface area contributed by atoms with Gasteiger partial charge in [-0.1, -0.05) is 29.8 Å². The quantitative estimate of drug-likeness (QED) is 0.707. The molecule has 0 aliphatic heterocycles. The summed E-state index contributed by atoms with van der Waals surface area (Å²) in [5.41, 5.74) is 0.0543. The number of carbonyl (C=O) groups is 3. The average molecular weight is 425 g/mol. The molecule has 0 saturated carbocycles. The molecule has 2 amide bonds. The van der Waals surface area contributed by atoms with E-state index in [-0.39, 0.29) is 21.0 Å². The highest BCUT2D eigenvalue weighted by atomic mass is 35.5. The number of hydrogen-bond acceptors (Lipinski definition) is 6. The van der Waals surface area contributed by atoms with E-state index in [1.54, 1.807) is 18.2 Å². The number of rotatable bonds is 6. The zero-order valence-electron chi connectivity index (χ0n) is 15.0. The minimum Gasteiger partial charge on any atom is -0.452 e. The van der Waals surface area contributed by atoms with Crippen molar-refractivity contribution in [2.45, 2.75) is 4.90 Å². The van der Waals surface area contributed by atoms with Gasteiger partial charge >= 0.3 is 5.97 Å². The molecular weight excluding hydrogens is 408 g/mol. The fourth-order valence-corrected chi connectivity index (χ4v) is 3.19. The van der Waals surface area contributed by atoms with Crippen LogP contribution in [0.25, 0.3) is 0 Å². The maximum absolute atomic E-state index is 12.2. The van der Waals surface area contributed by atoms with Gasteiger partial charge < -0.3 is 4.74 Å². The highest BCUT2D eigenvalue weighted by molar-refractivity contribution is 7.89. The Bertz CT molecular complexity index is 1010. The number of nitrogens with one attached hydrogen (secondary N) is 1. The summed E-state index contributed by atoms with van der Waals surface area (Å²) in [5, 5.41) is 2.04. The van der Waals surface area contributed by atoms with Gasteiger partial charge in [-0.2, -0.15) is 0 Å². The van der Waals surface area contributed by atoms with Gasteiger partial charge in [0.25, 0.3) is 11.8 Å². The minimum atomic E-state index is -3.78. The Hall–Kier alpha value is -2.75. The molecule has 2 aromatic rings. The van der Waals surface area contributed by atoms with E-state index in [0.717, 1.165) is 10.4 Å². The van der Waals surface area contributed by atoms with Gasteiger partial charge in [-0.15, -0.1) is 0 Å². The number of imide groups is 1. The lowest BCUT2D eigenvalue weighted by atomic mass is 10.2. The van der Waals surface area contributed by atoms with Crippen LogP contribution in [-0.2, 0) is 19.6 Å². The summed E-state index contributed by atoms with van der Waals surface area (Å²) in [6.45, 7) is -0.738. The van der Waals surface area contributed by atoms with E-state index >= 15 is 0 Å². The van der Waals surface area contributed by atoms with Crippen molar-refractivity contribution < 1.29 is 27.5 Å². The van der Waals surface area contributed by atoms with Gasteiger partial charge in [0.05, 0.1) is 15.5 Å². The first-order valence-electron chi connectivity index (χ1n) is 7.91. The van der Waals surface area contributed by atoms with Crippen molar-refractivity contribution >= 4 is 39.4 Å². The Morgan fingerprint density at radius 1 is 1.07 bits per heavy atom. The molecule has 0 aliphatic rings. The van der Waals surface area contributed by atoms with Gasteiger partial charge in [-0.05, 0) is 30.3 Å². The van der Waals surface area contributed by atoms with Gasteiger partial charge in [0.1, 0.15) is 0 Å². The molecule has 0 radical (unpaired) electrons. The van der Waals surface area contributed by atoms with Crippen LogP contribution in [0.1, 0.15) is 20.7 Å². The number of nitrogens with zero attached hydrogens (tertiary/aromatic N) is 1. The van der Waals surface area contributed by atoms with Gasteiger partial charge in [0.15, 0.2) is 6.61 Å². The van der Waals surface area contributed by atoms with Crippen LogP contribution in [0.15, 0.2) is 53.4 Å². The zero-order valence-corrected chi connectivity index (χ0v) is 16.6. The average Bonchev–Trinajstić information content (AvgIpc) is 2.66. The van der Waals surface area contributed by atoms with E-state index in [1.807, 2.05) is 0 Å². The summed E-state index contributed by atoms with van der Waals surface area (Å²) in [4.78, 5) is 35.7. The normalized spacial score (nSPS) is 11.1. The predicted octanol–water partition coefficient (Wildman–Crippen LogP) is 1.70. The summed E-state index contributed by atoms with van der Waals surface area (Å²) < 4.78 is 30.2. The van der Waals surface area contributed by atoms with Crippen molar-refractivity contribution in [3.8, 4) is 0 Å². The van der Waals surface area contributed by atoms with Gasteiger partial charge in [0, 0.05) is 19.7 Å². The lowest BCUT2D eigenvalue weighted by molar-refractivity contribution is -0.123.